The van der Waals surface area contributed by atoms with Gasteiger partial charge in [0.15, 0.2) is 0 Å². The second-order valence-corrected chi connectivity index (χ2v) is 9.43. The van der Waals surface area contributed by atoms with Gasteiger partial charge in [-0.1, -0.05) is 37.3 Å². The summed E-state index contributed by atoms with van der Waals surface area (Å²) < 4.78 is 0. The van der Waals surface area contributed by atoms with Crippen LogP contribution in [-0.4, -0.2) is 23.7 Å². The van der Waals surface area contributed by atoms with Crippen LogP contribution in [0.5, 0.6) is 0 Å². The Morgan fingerprint density at radius 3 is 2.63 bits per heavy atom. The van der Waals surface area contributed by atoms with Gasteiger partial charge in [0.25, 0.3) is 0 Å². The molecule has 30 heavy (non-hydrogen) atoms. The van der Waals surface area contributed by atoms with Gasteiger partial charge in [-0.05, 0) is 87.8 Å². The van der Waals surface area contributed by atoms with Crippen molar-refractivity contribution in [3.05, 3.63) is 64.7 Å². The molecule has 1 aliphatic heterocycles. The van der Waals surface area contributed by atoms with Gasteiger partial charge in [-0.2, -0.15) is 5.10 Å². The first-order chi connectivity index (χ1) is 14.2. The van der Waals surface area contributed by atoms with E-state index in [0.29, 0.717) is 18.4 Å². The molecule has 0 aliphatic carbocycles. The van der Waals surface area contributed by atoms with Gasteiger partial charge in [0.05, 0.1) is 6.21 Å². The summed E-state index contributed by atoms with van der Waals surface area (Å²) in [6.07, 6.45) is 4.05. The second kappa shape index (κ2) is 9.03. The Morgan fingerprint density at radius 2 is 1.97 bits per heavy atom. The van der Waals surface area contributed by atoms with Crippen LogP contribution in [0.2, 0.25) is 0 Å². The lowest BCUT2D eigenvalue weighted by Crippen LogP contribution is -2.51. The van der Waals surface area contributed by atoms with Crippen molar-refractivity contribution in [1.82, 2.24) is 5.43 Å². The fraction of sp³-hybridized carbons (Fsp3) is 0.462. The fourth-order valence-corrected chi connectivity index (χ4v) is 4.86. The molecular weight excluding hydrogens is 370 g/mol. The fourth-order valence-electron chi connectivity index (χ4n) is 4.86. The standard InChI is InChI=1S/C26H35N3O/c1-18(2)29-24-14-19(3)22(15-23(24)20(4)16-26(29,5)6)17-27-28-25(30)13-12-21-10-8-7-9-11-21/h7-11,14-15,17-18,20H,12-13,16H2,1-6H3,(H,28,30)/b27-17+/t20-/m1/s1. The van der Waals surface area contributed by atoms with Crippen LogP contribution in [0.25, 0.3) is 0 Å². The van der Waals surface area contributed by atoms with E-state index in [1.807, 2.05) is 30.3 Å². The Hall–Kier alpha value is -2.62. The Morgan fingerprint density at radius 1 is 1.27 bits per heavy atom. The van der Waals surface area contributed by atoms with E-state index in [9.17, 15) is 4.79 Å². The number of hydrogen-bond donors (Lipinski definition) is 1. The van der Waals surface area contributed by atoms with E-state index in [2.05, 4.69) is 69.1 Å². The number of rotatable bonds is 6. The summed E-state index contributed by atoms with van der Waals surface area (Å²) in [5, 5.41) is 4.23. The zero-order valence-corrected chi connectivity index (χ0v) is 19.2. The first-order valence-corrected chi connectivity index (χ1v) is 11.0. The average molecular weight is 406 g/mol. The number of nitrogens with one attached hydrogen (secondary N) is 1. The van der Waals surface area contributed by atoms with Crippen molar-refractivity contribution >= 4 is 17.8 Å². The average Bonchev–Trinajstić information content (AvgIpc) is 2.67. The molecule has 0 spiro atoms. The van der Waals surface area contributed by atoms with Crippen LogP contribution >= 0.6 is 0 Å². The number of hydrazone groups is 1. The van der Waals surface area contributed by atoms with E-state index >= 15 is 0 Å². The first kappa shape index (κ1) is 22.1. The zero-order valence-electron chi connectivity index (χ0n) is 19.2. The predicted molar refractivity (Wildman–Crippen MR) is 126 cm³/mol. The molecule has 0 saturated carbocycles. The third-order valence-corrected chi connectivity index (χ3v) is 6.06. The van der Waals surface area contributed by atoms with E-state index in [0.717, 1.165) is 24.0 Å². The first-order valence-electron chi connectivity index (χ1n) is 11.0. The molecule has 1 N–H and O–H groups in total. The summed E-state index contributed by atoms with van der Waals surface area (Å²) in [5.41, 5.74) is 8.91. The number of carbonyl (C=O) groups excluding carboxylic acids is 1. The Kier molecular flexibility index (Phi) is 6.64. The van der Waals surface area contributed by atoms with Crippen LogP contribution in [0.3, 0.4) is 0 Å². The number of carbonyl (C=O) groups is 1. The van der Waals surface area contributed by atoms with Crippen molar-refractivity contribution in [3.8, 4) is 0 Å². The number of hydrogen-bond acceptors (Lipinski definition) is 3. The van der Waals surface area contributed by atoms with Gasteiger partial charge in [0.1, 0.15) is 0 Å². The smallest absolute Gasteiger partial charge is 0.240 e. The quantitative estimate of drug-likeness (QED) is 0.504. The van der Waals surface area contributed by atoms with Crippen LogP contribution < -0.4 is 10.3 Å². The van der Waals surface area contributed by atoms with Gasteiger partial charge in [-0.3, -0.25) is 4.79 Å². The summed E-state index contributed by atoms with van der Waals surface area (Å²) in [5.74, 6) is 0.421. The molecule has 2 aromatic rings. The molecule has 0 radical (unpaired) electrons. The summed E-state index contributed by atoms with van der Waals surface area (Å²) in [7, 11) is 0. The maximum atomic E-state index is 12.1. The molecule has 0 aromatic heterocycles. The van der Waals surface area contributed by atoms with Crippen LogP contribution in [0.15, 0.2) is 47.6 Å². The third-order valence-electron chi connectivity index (χ3n) is 6.06. The second-order valence-electron chi connectivity index (χ2n) is 9.43. The number of aryl methyl sites for hydroxylation is 2. The largest absolute Gasteiger partial charge is 0.364 e. The number of amides is 1. The summed E-state index contributed by atoms with van der Waals surface area (Å²) in [6.45, 7) is 13.6. The summed E-state index contributed by atoms with van der Waals surface area (Å²) >= 11 is 0. The van der Waals surface area contributed by atoms with E-state index < -0.39 is 0 Å². The Balaban J connectivity index is 1.71. The normalized spacial score (nSPS) is 18.0. The minimum atomic E-state index is -0.0631. The molecule has 1 aliphatic rings. The molecule has 0 bridgehead atoms. The molecule has 0 fully saturated rings. The van der Waals surface area contributed by atoms with E-state index in [4.69, 9.17) is 0 Å². The molecule has 160 valence electrons. The van der Waals surface area contributed by atoms with E-state index in [1.165, 1.54) is 16.8 Å². The van der Waals surface area contributed by atoms with Gasteiger partial charge >= 0.3 is 0 Å². The Bertz CT molecular complexity index is 915. The maximum absolute atomic E-state index is 12.1. The molecule has 0 saturated heterocycles. The van der Waals surface area contributed by atoms with Gasteiger partial charge in [0.2, 0.25) is 5.91 Å². The topological polar surface area (TPSA) is 44.7 Å². The number of nitrogens with zero attached hydrogens (tertiary/aromatic N) is 2. The number of benzene rings is 2. The maximum Gasteiger partial charge on any atom is 0.240 e. The van der Waals surface area contributed by atoms with Gasteiger partial charge < -0.3 is 4.90 Å². The predicted octanol–water partition coefficient (Wildman–Crippen LogP) is 5.58. The van der Waals surface area contributed by atoms with Crippen LogP contribution in [0.1, 0.15) is 75.6 Å². The van der Waals surface area contributed by atoms with Crippen molar-refractivity contribution in [3.63, 3.8) is 0 Å². The molecule has 4 heteroatoms. The highest BCUT2D eigenvalue weighted by molar-refractivity contribution is 5.85. The molecule has 1 amide bonds. The molecule has 1 atom stereocenters. The van der Waals surface area contributed by atoms with Crippen molar-refractivity contribution in [2.24, 2.45) is 5.10 Å². The molecule has 4 nitrogen and oxygen atoms in total. The molecular formula is C26H35N3O. The van der Waals surface area contributed by atoms with Crippen molar-refractivity contribution < 1.29 is 4.79 Å². The van der Waals surface area contributed by atoms with Gasteiger partial charge in [0, 0.05) is 23.7 Å². The minimum absolute atomic E-state index is 0.0631. The molecule has 3 rings (SSSR count). The lowest BCUT2D eigenvalue weighted by Gasteiger charge is -2.50. The van der Waals surface area contributed by atoms with Crippen LogP contribution in [-0.2, 0) is 11.2 Å². The monoisotopic (exact) mass is 405 g/mol. The third kappa shape index (κ3) is 4.92. The van der Waals surface area contributed by atoms with Gasteiger partial charge in [-0.25, -0.2) is 5.43 Å². The SMILES string of the molecule is Cc1cc2c(cc1/C=N/NC(=O)CCc1ccccc1)[C@H](C)CC(C)(C)N2C(C)C. The van der Waals surface area contributed by atoms with Crippen molar-refractivity contribution in [2.75, 3.05) is 4.90 Å². The van der Waals surface area contributed by atoms with E-state index in [-0.39, 0.29) is 11.4 Å². The van der Waals surface area contributed by atoms with E-state index in [1.54, 1.807) is 6.21 Å². The van der Waals surface area contributed by atoms with Crippen molar-refractivity contribution in [1.29, 1.82) is 0 Å². The zero-order chi connectivity index (χ0) is 21.9. The number of fused-ring (bicyclic) bond motifs is 1. The molecule has 1 heterocycles. The molecule has 0 unspecified atom stereocenters. The highest BCUT2D eigenvalue weighted by Gasteiger charge is 2.37. The Labute approximate surface area is 181 Å². The van der Waals surface area contributed by atoms with Crippen LogP contribution in [0, 0.1) is 6.92 Å². The lowest BCUT2D eigenvalue weighted by molar-refractivity contribution is -0.121. The highest BCUT2D eigenvalue weighted by Crippen LogP contribution is 2.45. The lowest BCUT2D eigenvalue weighted by atomic mass is 9.78. The highest BCUT2D eigenvalue weighted by atomic mass is 16.2. The van der Waals surface area contributed by atoms with Crippen molar-refractivity contribution in [2.45, 2.75) is 78.3 Å². The van der Waals surface area contributed by atoms with Crippen LogP contribution in [0.4, 0.5) is 5.69 Å². The summed E-state index contributed by atoms with van der Waals surface area (Å²) in [6, 6.07) is 15.0. The number of anilines is 1. The van der Waals surface area contributed by atoms with Gasteiger partial charge in [-0.15, -0.1) is 0 Å². The summed E-state index contributed by atoms with van der Waals surface area (Å²) in [4.78, 5) is 14.7. The molecule has 2 aromatic carbocycles. The minimum Gasteiger partial charge on any atom is -0.364 e.